The summed E-state index contributed by atoms with van der Waals surface area (Å²) >= 11 is 0. The zero-order valence-corrected chi connectivity index (χ0v) is 20.0. The van der Waals surface area contributed by atoms with Crippen molar-refractivity contribution < 1.29 is 27.4 Å². The number of amides is 2. The van der Waals surface area contributed by atoms with Gasteiger partial charge in [-0.2, -0.15) is 13.2 Å². The molecule has 2 aliphatic rings. The van der Waals surface area contributed by atoms with E-state index in [-0.39, 0.29) is 29.7 Å². The Labute approximate surface area is 207 Å². The largest absolute Gasteiger partial charge is 0.488 e. The molecule has 4 rings (SSSR count). The maximum absolute atomic E-state index is 13.3. The van der Waals surface area contributed by atoms with Crippen molar-refractivity contribution in [2.75, 3.05) is 30.8 Å². The highest BCUT2D eigenvalue weighted by atomic mass is 19.4. The maximum Gasteiger partial charge on any atom is 0.416 e. The lowest BCUT2D eigenvalue weighted by Crippen LogP contribution is -2.42. The van der Waals surface area contributed by atoms with E-state index in [1.165, 1.54) is 12.4 Å². The first kappa shape index (κ1) is 25.8. The molecule has 36 heavy (non-hydrogen) atoms. The number of anilines is 2. The number of hydrogen-bond donors (Lipinski definition) is 4. The molecule has 1 saturated carbocycles. The average molecular weight is 509 g/mol. The number of carbonyl (C=O) groups is 1. The molecule has 1 aliphatic carbocycles. The number of alkyl halides is 3. The van der Waals surface area contributed by atoms with Crippen molar-refractivity contribution in [1.29, 1.82) is 0 Å². The van der Waals surface area contributed by atoms with Crippen LogP contribution in [0, 0.1) is 0 Å². The Bertz CT molecular complexity index is 1020. The van der Waals surface area contributed by atoms with Crippen LogP contribution in [-0.4, -0.2) is 54.4 Å². The second-order valence-electron chi connectivity index (χ2n) is 8.96. The van der Waals surface area contributed by atoms with Crippen molar-refractivity contribution in [3.8, 4) is 11.6 Å². The molecule has 0 spiro atoms. The second-order valence-corrected chi connectivity index (χ2v) is 8.96. The Morgan fingerprint density at radius 2 is 1.72 bits per heavy atom. The fourth-order valence-corrected chi connectivity index (χ4v) is 4.38. The van der Waals surface area contributed by atoms with E-state index < -0.39 is 17.8 Å². The highest BCUT2D eigenvalue weighted by Gasteiger charge is 2.32. The lowest BCUT2D eigenvalue weighted by molar-refractivity contribution is -0.137. The van der Waals surface area contributed by atoms with Gasteiger partial charge >= 0.3 is 12.2 Å². The van der Waals surface area contributed by atoms with Crippen LogP contribution in [-0.2, 0) is 6.18 Å². The van der Waals surface area contributed by atoms with Crippen LogP contribution in [0.15, 0.2) is 30.6 Å². The molecule has 2 heterocycles. The minimum Gasteiger partial charge on any atom is -0.488 e. The number of ether oxygens (including phenoxy) is 2. The topological polar surface area (TPSA) is 109 Å². The van der Waals surface area contributed by atoms with E-state index in [9.17, 15) is 18.0 Å². The fraction of sp³-hybridized carbons (Fsp3) is 0.542. The summed E-state index contributed by atoms with van der Waals surface area (Å²) in [4.78, 5) is 20.9. The molecule has 1 aliphatic heterocycles. The molecule has 1 aromatic heterocycles. The van der Waals surface area contributed by atoms with Crippen molar-refractivity contribution in [3.63, 3.8) is 0 Å². The molecule has 196 valence electrons. The maximum atomic E-state index is 13.3. The zero-order valence-electron chi connectivity index (χ0n) is 20.0. The molecule has 1 saturated heterocycles. The third-order valence-electron chi connectivity index (χ3n) is 6.33. The van der Waals surface area contributed by atoms with E-state index in [1.807, 2.05) is 0 Å². The monoisotopic (exact) mass is 508 g/mol. The Morgan fingerprint density at radius 1 is 1.00 bits per heavy atom. The van der Waals surface area contributed by atoms with Crippen molar-refractivity contribution in [2.45, 2.75) is 63.0 Å². The van der Waals surface area contributed by atoms with E-state index in [0.717, 1.165) is 38.1 Å². The fourth-order valence-electron chi connectivity index (χ4n) is 4.38. The number of carbonyl (C=O) groups excluding carboxylic acids is 1. The molecular weight excluding hydrogens is 477 g/mol. The quantitative estimate of drug-likeness (QED) is 0.444. The Morgan fingerprint density at radius 3 is 2.42 bits per heavy atom. The zero-order chi connectivity index (χ0) is 25.5. The minimum atomic E-state index is -4.53. The van der Waals surface area contributed by atoms with Crippen LogP contribution < -0.4 is 30.7 Å². The smallest absolute Gasteiger partial charge is 0.416 e. The van der Waals surface area contributed by atoms with Crippen molar-refractivity contribution in [1.82, 2.24) is 20.6 Å². The third-order valence-corrected chi connectivity index (χ3v) is 6.33. The first-order valence-corrected chi connectivity index (χ1v) is 12.1. The molecular formula is C24H31F3N6O3. The van der Waals surface area contributed by atoms with E-state index >= 15 is 0 Å². The third kappa shape index (κ3) is 7.12. The van der Waals surface area contributed by atoms with Crippen molar-refractivity contribution in [2.24, 2.45) is 0 Å². The highest BCUT2D eigenvalue weighted by molar-refractivity contribution is 5.91. The van der Waals surface area contributed by atoms with E-state index in [1.54, 1.807) is 13.1 Å². The average Bonchev–Trinajstić information content (AvgIpc) is 2.86. The molecule has 4 N–H and O–H groups in total. The summed E-state index contributed by atoms with van der Waals surface area (Å²) in [6.45, 7) is 1.55. The van der Waals surface area contributed by atoms with E-state index in [2.05, 4.69) is 31.2 Å². The van der Waals surface area contributed by atoms with Gasteiger partial charge in [0.1, 0.15) is 30.1 Å². The van der Waals surface area contributed by atoms with Gasteiger partial charge in [0.2, 0.25) is 5.88 Å². The number of aromatic nitrogens is 2. The molecule has 9 nitrogen and oxygen atoms in total. The van der Waals surface area contributed by atoms with Crippen LogP contribution >= 0.6 is 0 Å². The number of piperidine rings is 1. The van der Waals surface area contributed by atoms with Gasteiger partial charge in [0.05, 0.1) is 11.3 Å². The van der Waals surface area contributed by atoms with Crippen LogP contribution in [0.25, 0.3) is 0 Å². The van der Waals surface area contributed by atoms with Crippen molar-refractivity contribution in [3.05, 3.63) is 36.2 Å². The summed E-state index contributed by atoms with van der Waals surface area (Å²) in [5.41, 5.74) is -0.846. The summed E-state index contributed by atoms with van der Waals surface area (Å²) in [5, 5.41) is 11.6. The van der Waals surface area contributed by atoms with Gasteiger partial charge in [-0.15, -0.1) is 0 Å². The Kier molecular flexibility index (Phi) is 8.34. The van der Waals surface area contributed by atoms with Crippen LogP contribution in [0.4, 0.5) is 29.5 Å². The minimum absolute atomic E-state index is 0.00183. The standard InChI is InChI=1S/C24H31F3N6O3/c1-28-21-13-22(31-14-30-21)36-17-5-3-16(4-6-17)32-23(34)33-19-12-15(24(25,26)27)2-7-20(19)35-18-8-10-29-11-9-18/h2,7,12-14,16-18,29H,3-6,8-11H2,1H3,(H,28,30,31)(H2,32,33,34)/t16-,17-. The summed E-state index contributed by atoms with van der Waals surface area (Å²) < 4.78 is 51.8. The van der Waals surface area contributed by atoms with Gasteiger partial charge in [-0.1, -0.05) is 0 Å². The molecule has 1 aromatic carbocycles. The van der Waals surface area contributed by atoms with Gasteiger partial charge in [-0.05, 0) is 69.8 Å². The number of hydrogen-bond acceptors (Lipinski definition) is 7. The van der Waals surface area contributed by atoms with Crippen LogP contribution in [0.1, 0.15) is 44.1 Å². The van der Waals surface area contributed by atoms with Gasteiger partial charge in [0.15, 0.2) is 0 Å². The predicted octanol–water partition coefficient (Wildman–Crippen LogP) is 4.18. The number of halogens is 3. The number of benzene rings is 1. The van der Waals surface area contributed by atoms with E-state index in [4.69, 9.17) is 9.47 Å². The first-order chi connectivity index (χ1) is 17.3. The van der Waals surface area contributed by atoms with Crippen molar-refractivity contribution >= 4 is 17.5 Å². The molecule has 2 fully saturated rings. The second kappa shape index (κ2) is 11.6. The molecule has 0 atom stereocenters. The SMILES string of the molecule is CNc1cc(O[C@H]2CC[C@H](NC(=O)Nc3cc(C(F)(F)F)ccc3OC3CCNCC3)CC2)ncn1. The lowest BCUT2D eigenvalue weighted by Gasteiger charge is -2.29. The molecule has 2 aromatic rings. The highest BCUT2D eigenvalue weighted by Crippen LogP contribution is 2.36. The summed E-state index contributed by atoms with van der Waals surface area (Å²) in [6, 6.07) is 4.19. The Hall–Kier alpha value is -3.28. The first-order valence-electron chi connectivity index (χ1n) is 12.1. The molecule has 0 radical (unpaired) electrons. The molecule has 2 amide bonds. The lowest BCUT2D eigenvalue weighted by atomic mass is 9.93. The van der Waals surface area contributed by atoms with Gasteiger partial charge in [0, 0.05) is 19.2 Å². The molecule has 12 heteroatoms. The van der Waals surface area contributed by atoms with Gasteiger partial charge < -0.3 is 30.7 Å². The van der Waals surface area contributed by atoms with E-state index in [0.29, 0.717) is 37.4 Å². The van der Waals surface area contributed by atoms with Crippen LogP contribution in [0.5, 0.6) is 11.6 Å². The predicted molar refractivity (Wildman–Crippen MR) is 128 cm³/mol. The van der Waals surface area contributed by atoms with Crippen LogP contribution in [0.2, 0.25) is 0 Å². The van der Waals surface area contributed by atoms with Gasteiger partial charge in [0.25, 0.3) is 0 Å². The number of urea groups is 1. The van der Waals surface area contributed by atoms with Gasteiger partial charge in [-0.25, -0.2) is 14.8 Å². The van der Waals surface area contributed by atoms with Gasteiger partial charge in [-0.3, -0.25) is 0 Å². The number of rotatable bonds is 7. The summed E-state index contributed by atoms with van der Waals surface area (Å²) in [6.07, 6.45) is 0.958. The molecule has 0 bridgehead atoms. The summed E-state index contributed by atoms with van der Waals surface area (Å²) in [5.74, 6) is 1.37. The number of nitrogens with one attached hydrogen (secondary N) is 4. The van der Waals surface area contributed by atoms with Crippen LogP contribution in [0.3, 0.4) is 0 Å². The Balaban J connectivity index is 1.33. The normalized spacial score (nSPS) is 20.9. The number of nitrogens with zero attached hydrogens (tertiary/aromatic N) is 2. The molecule has 0 unspecified atom stereocenters. The summed E-state index contributed by atoms with van der Waals surface area (Å²) in [7, 11) is 1.76.